The number of aromatic nitrogens is 4. The van der Waals surface area contributed by atoms with Gasteiger partial charge in [0, 0.05) is 18.7 Å². The molecule has 0 fully saturated rings. The maximum atomic E-state index is 13.9. The van der Waals surface area contributed by atoms with Gasteiger partial charge in [0.1, 0.15) is 12.7 Å². The Hall–Kier alpha value is -3.23. The van der Waals surface area contributed by atoms with Gasteiger partial charge in [0.25, 0.3) is 5.91 Å². The average molecular weight is 344 g/mol. The standard InChI is InChI=1S/C16H16FN5O3/c1-24-13-4-3-11(7-12(13)17)15-14(20-10-25-15)16(23)19-5-2-6-22-9-18-8-21-22/h3-4,7-10H,2,5-6H2,1H3,(H,19,23)/i17-1. The minimum Gasteiger partial charge on any atom is -0.494 e. The smallest absolute Gasteiger partial charge is 0.273 e. The minimum absolute atomic E-state index is 0.102. The molecule has 9 heteroatoms. The molecule has 25 heavy (non-hydrogen) atoms. The molecule has 0 saturated carbocycles. The second kappa shape index (κ2) is 7.56. The first-order chi connectivity index (χ1) is 12.2. The number of rotatable bonds is 7. The number of aryl methyl sites for hydroxylation is 1. The van der Waals surface area contributed by atoms with E-state index in [1.54, 1.807) is 17.1 Å². The summed E-state index contributed by atoms with van der Waals surface area (Å²) in [6.07, 6.45) is 4.89. The Morgan fingerprint density at radius 3 is 3.04 bits per heavy atom. The summed E-state index contributed by atoms with van der Waals surface area (Å²) in [6, 6.07) is 4.30. The zero-order valence-corrected chi connectivity index (χ0v) is 13.5. The molecular weight excluding hydrogens is 328 g/mol. The van der Waals surface area contributed by atoms with Gasteiger partial charge < -0.3 is 14.5 Å². The van der Waals surface area contributed by atoms with Crippen molar-refractivity contribution in [1.29, 1.82) is 0 Å². The molecule has 0 radical (unpaired) electrons. The van der Waals surface area contributed by atoms with E-state index in [1.165, 1.54) is 25.6 Å². The second-order valence-corrected chi connectivity index (χ2v) is 5.15. The van der Waals surface area contributed by atoms with Crippen LogP contribution in [0.3, 0.4) is 0 Å². The number of carbonyl (C=O) groups excluding carboxylic acids is 1. The normalized spacial score (nSPS) is 10.6. The third-order valence-electron chi connectivity index (χ3n) is 3.51. The van der Waals surface area contributed by atoms with Gasteiger partial charge in [-0.05, 0) is 24.6 Å². The number of amides is 1. The summed E-state index contributed by atoms with van der Waals surface area (Å²) in [4.78, 5) is 20.1. The molecule has 3 rings (SSSR count). The lowest BCUT2D eigenvalue weighted by Gasteiger charge is -2.06. The number of carbonyl (C=O) groups is 1. The van der Waals surface area contributed by atoms with Crippen molar-refractivity contribution in [3.63, 3.8) is 0 Å². The summed E-state index contributed by atoms with van der Waals surface area (Å²) < 4.78 is 25.7. The SMILES string of the molecule is COc1ccc(-c2ocnc2C(=O)NCCCn2cncn2)cc1[18F]. The van der Waals surface area contributed by atoms with Crippen LogP contribution in [0.2, 0.25) is 0 Å². The van der Waals surface area contributed by atoms with Crippen LogP contribution in [0.4, 0.5) is 4.39 Å². The number of nitrogens with zero attached hydrogens (tertiary/aromatic N) is 4. The van der Waals surface area contributed by atoms with Crippen LogP contribution in [0.1, 0.15) is 16.9 Å². The maximum Gasteiger partial charge on any atom is 0.273 e. The zero-order valence-electron chi connectivity index (χ0n) is 13.5. The van der Waals surface area contributed by atoms with Crippen molar-refractivity contribution < 1.29 is 18.3 Å². The van der Waals surface area contributed by atoms with Crippen molar-refractivity contribution >= 4 is 5.91 Å². The van der Waals surface area contributed by atoms with Crippen LogP contribution < -0.4 is 10.1 Å². The summed E-state index contributed by atoms with van der Waals surface area (Å²) in [5, 5.41) is 6.73. The number of oxazole rings is 1. The second-order valence-electron chi connectivity index (χ2n) is 5.15. The first-order valence-corrected chi connectivity index (χ1v) is 7.57. The van der Waals surface area contributed by atoms with Crippen LogP contribution in [-0.4, -0.2) is 39.3 Å². The molecule has 0 aliphatic carbocycles. The fraction of sp³-hybridized carbons (Fsp3) is 0.250. The van der Waals surface area contributed by atoms with Gasteiger partial charge >= 0.3 is 0 Å². The molecule has 0 bridgehead atoms. The molecule has 0 spiro atoms. The summed E-state index contributed by atoms with van der Waals surface area (Å²) in [5.41, 5.74) is 0.508. The first kappa shape index (κ1) is 16.6. The Morgan fingerprint density at radius 1 is 1.44 bits per heavy atom. The predicted molar refractivity (Wildman–Crippen MR) is 85.4 cm³/mol. The molecule has 1 amide bonds. The predicted octanol–water partition coefficient (Wildman–Crippen LogP) is 1.90. The molecule has 8 nitrogen and oxygen atoms in total. The van der Waals surface area contributed by atoms with Crippen molar-refractivity contribution in [2.75, 3.05) is 13.7 Å². The fourth-order valence-electron chi connectivity index (χ4n) is 2.30. The first-order valence-electron chi connectivity index (χ1n) is 7.57. The number of hydrogen-bond donors (Lipinski definition) is 1. The molecule has 130 valence electrons. The van der Waals surface area contributed by atoms with Gasteiger partial charge in [-0.25, -0.2) is 14.4 Å². The molecule has 1 aromatic carbocycles. The Bertz CT molecular complexity index is 847. The van der Waals surface area contributed by atoms with Crippen molar-refractivity contribution in [1.82, 2.24) is 25.1 Å². The molecular formula is C16H16FN5O3. The largest absolute Gasteiger partial charge is 0.494 e. The van der Waals surface area contributed by atoms with E-state index in [2.05, 4.69) is 20.4 Å². The van der Waals surface area contributed by atoms with E-state index in [0.29, 0.717) is 25.1 Å². The summed E-state index contributed by atoms with van der Waals surface area (Å²) in [5.74, 6) is -0.619. The highest BCUT2D eigenvalue weighted by atomic mass is 18.2. The van der Waals surface area contributed by atoms with Gasteiger partial charge in [0.2, 0.25) is 0 Å². The number of methoxy groups -OCH3 is 1. The summed E-state index contributed by atoms with van der Waals surface area (Å²) in [7, 11) is 1.38. The van der Waals surface area contributed by atoms with Crippen LogP contribution in [0.5, 0.6) is 5.75 Å². The highest BCUT2D eigenvalue weighted by Gasteiger charge is 2.19. The highest BCUT2D eigenvalue weighted by molar-refractivity contribution is 5.97. The van der Waals surface area contributed by atoms with Gasteiger partial charge in [-0.15, -0.1) is 0 Å². The van der Waals surface area contributed by atoms with E-state index in [-0.39, 0.29) is 17.2 Å². The molecule has 0 unspecified atom stereocenters. The van der Waals surface area contributed by atoms with Gasteiger partial charge in [0.15, 0.2) is 29.4 Å². The van der Waals surface area contributed by atoms with Crippen LogP contribution in [0.25, 0.3) is 11.3 Å². The van der Waals surface area contributed by atoms with Crippen LogP contribution in [0.15, 0.2) is 41.7 Å². The number of benzene rings is 1. The molecule has 2 aromatic heterocycles. The third-order valence-corrected chi connectivity index (χ3v) is 3.51. The summed E-state index contributed by atoms with van der Waals surface area (Å²) in [6.45, 7) is 1.07. The van der Waals surface area contributed by atoms with Gasteiger partial charge in [-0.2, -0.15) is 5.10 Å². The Kier molecular flexibility index (Phi) is 5.03. The highest BCUT2D eigenvalue weighted by Crippen LogP contribution is 2.27. The zero-order chi connectivity index (χ0) is 17.6. The van der Waals surface area contributed by atoms with Gasteiger partial charge in [-0.3, -0.25) is 9.48 Å². The molecule has 2 heterocycles. The van der Waals surface area contributed by atoms with Gasteiger partial charge in [-0.1, -0.05) is 0 Å². The molecule has 0 aliphatic heterocycles. The molecule has 0 saturated heterocycles. The molecule has 1 N–H and O–H groups in total. The van der Waals surface area contributed by atoms with E-state index >= 15 is 0 Å². The maximum absolute atomic E-state index is 13.9. The van der Waals surface area contributed by atoms with Crippen LogP contribution in [-0.2, 0) is 6.54 Å². The topological polar surface area (TPSA) is 95.1 Å². The third kappa shape index (κ3) is 3.82. The monoisotopic (exact) mass is 344 g/mol. The van der Waals surface area contributed by atoms with Crippen molar-refractivity contribution in [2.45, 2.75) is 13.0 Å². The molecule has 3 aromatic rings. The number of ether oxygens (including phenoxy) is 1. The minimum atomic E-state index is -0.546. The number of nitrogens with one attached hydrogen (secondary N) is 1. The lowest BCUT2D eigenvalue weighted by atomic mass is 10.1. The Morgan fingerprint density at radius 2 is 2.32 bits per heavy atom. The van der Waals surface area contributed by atoms with E-state index in [9.17, 15) is 9.18 Å². The quantitative estimate of drug-likeness (QED) is 0.658. The van der Waals surface area contributed by atoms with E-state index in [4.69, 9.17) is 9.15 Å². The fourth-order valence-corrected chi connectivity index (χ4v) is 2.30. The molecule has 0 atom stereocenters. The number of hydrogen-bond acceptors (Lipinski definition) is 6. The van der Waals surface area contributed by atoms with Crippen LogP contribution >= 0.6 is 0 Å². The van der Waals surface area contributed by atoms with Crippen molar-refractivity contribution in [2.24, 2.45) is 0 Å². The Labute approximate surface area is 142 Å². The van der Waals surface area contributed by atoms with E-state index in [0.717, 1.165) is 6.39 Å². The average Bonchev–Trinajstić information content (AvgIpc) is 3.30. The lowest BCUT2D eigenvalue weighted by Crippen LogP contribution is -2.26. The summed E-state index contributed by atoms with van der Waals surface area (Å²) >= 11 is 0. The van der Waals surface area contributed by atoms with E-state index < -0.39 is 11.7 Å². The molecule has 0 aliphatic rings. The van der Waals surface area contributed by atoms with Gasteiger partial charge in [0.05, 0.1) is 7.11 Å². The van der Waals surface area contributed by atoms with E-state index in [1.807, 2.05) is 0 Å². The van der Waals surface area contributed by atoms with Crippen molar-refractivity contribution in [3.8, 4) is 17.1 Å². The Balaban J connectivity index is 1.64. The van der Waals surface area contributed by atoms with Crippen LogP contribution in [0, 0.1) is 5.82 Å². The number of halogens is 1. The van der Waals surface area contributed by atoms with Crippen molar-refractivity contribution in [3.05, 3.63) is 48.8 Å². The lowest BCUT2D eigenvalue weighted by molar-refractivity contribution is 0.0948.